The van der Waals surface area contributed by atoms with Gasteiger partial charge >= 0.3 is 0 Å². The summed E-state index contributed by atoms with van der Waals surface area (Å²) < 4.78 is 17.4. The number of rotatable bonds is 19. The van der Waals surface area contributed by atoms with Gasteiger partial charge in [0.05, 0.1) is 12.8 Å². The lowest BCUT2D eigenvalue weighted by molar-refractivity contribution is -0.114. The Morgan fingerprint density at radius 2 is 1.96 bits per heavy atom. The van der Waals surface area contributed by atoms with Crippen molar-refractivity contribution in [3.8, 4) is 23.0 Å². The van der Waals surface area contributed by atoms with Crippen LogP contribution in [0.5, 0.6) is 23.0 Å². The predicted octanol–water partition coefficient (Wildman–Crippen LogP) is 4.08. The second kappa shape index (κ2) is 18.2. The number of ether oxygens (including phenoxy) is 3. The molecule has 1 aliphatic carbocycles. The van der Waals surface area contributed by atoms with Gasteiger partial charge in [-0.1, -0.05) is 12.1 Å². The number of likely N-dealkylation sites (N-methyl/N-ethyl adjacent to an activating group) is 1. The van der Waals surface area contributed by atoms with Gasteiger partial charge in [-0.2, -0.15) is 0 Å². The summed E-state index contributed by atoms with van der Waals surface area (Å²) in [5, 5.41) is 36.2. The van der Waals surface area contributed by atoms with Crippen molar-refractivity contribution in [1.29, 1.82) is 0 Å². The Balaban J connectivity index is 1.66. The van der Waals surface area contributed by atoms with Crippen LogP contribution >= 0.6 is 0 Å². The quantitative estimate of drug-likeness (QED) is 0.0440. The summed E-state index contributed by atoms with van der Waals surface area (Å²) in [4.78, 5) is 16.5. The number of nitrogens with two attached hydrogens (primary N) is 1. The number of allylic oxidation sites excluding steroid dienone is 2. The molecule has 2 atom stereocenters. The van der Waals surface area contributed by atoms with Crippen LogP contribution in [0.25, 0.3) is 0 Å². The van der Waals surface area contributed by atoms with Gasteiger partial charge in [-0.25, -0.2) is 0 Å². The number of aromatic hydroxyl groups is 2. The first kappa shape index (κ1) is 35.7. The minimum Gasteiger partial charge on any atom is -0.504 e. The van der Waals surface area contributed by atoms with Crippen molar-refractivity contribution < 1.29 is 34.3 Å². The van der Waals surface area contributed by atoms with E-state index < -0.39 is 5.60 Å². The van der Waals surface area contributed by atoms with Crippen LogP contribution < -0.4 is 25.8 Å². The van der Waals surface area contributed by atoms with Crippen LogP contribution in [-0.4, -0.2) is 80.2 Å². The summed E-state index contributed by atoms with van der Waals surface area (Å²) in [6.45, 7) is 1.96. The highest BCUT2D eigenvalue weighted by Gasteiger charge is 2.41. The van der Waals surface area contributed by atoms with E-state index in [1.165, 1.54) is 7.11 Å². The molecule has 0 aliphatic heterocycles. The van der Waals surface area contributed by atoms with Crippen molar-refractivity contribution in [3.63, 3.8) is 0 Å². The standard InChI is InChI=1S/C34H50N4O7/c1-36-23-34(15-13-25(22-34)14-18-44-17-6-16-39)45-31-21-26(19-28(32(31)42)38-33(35)37-2)7-4-5-8-27(40)11-9-24-10-12-29(41)30(20-24)43-3/h5,8,10,12,19-21,25,36,39,41-42H,4,6-7,9,11,13-18,22-23H2,1-3H3,(H3,35,37,38). The van der Waals surface area contributed by atoms with Crippen molar-refractivity contribution in [2.45, 2.75) is 63.4 Å². The second-order valence-electron chi connectivity index (χ2n) is 11.5. The Labute approximate surface area is 266 Å². The summed E-state index contributed by atoms with van der Waals surface area (Å²) in [6.07, 6.45) is 9.77. The topological polar surface area (TPSA) is 168 Å². The summed E-state index contributed by atoms with van der Waals surface area (Å²) in [7, 11) is 4.95. The zero-order valence-corrected chi connectivity index (χ0v) is 26.8. The molecule has 0 amide bonds. The largest absolute Gasteiger partial charge is 0.504 e. The third-order valence-electron chi connectivity index (χ3n) is 8.06. The maximum atomic E-state index is 12.5. The lowest BCUT2D eigenvalue weighted by atomic mass is 9.97. The summed E-state index contributed by atoms with van der Waals surface area (Å²) in [6, 6.07) is 8.76. The Morgan fingerprint density at radius 1 is 1.16 bits per heavy atom. The molecule has 11 nitrogen and oxygen atoms in total. The van der Waals surface area contributed by atoms with Gasteiger partial charge in [-0.15, -0.1) is 0 Å². The molecule has 0 bridgehead atoms. The Hall–Kier alpha value is -3.80. The number of benzene rings is 2. The number of guanidine groups is 1. The number of aliphatic hydroxyl groups excluding tert-OH is 1. The molecule has 45 heavy (non-hydrogen) atoms. The monoisotopic (exact) mass is 626 g/mol. The number of phenolic OH excluding ortho intramolecular Hbond substituents is 2. The number of aliphatic hydroxyl groups is 1. The zero-order chi connectivity index (χ0) is 32.7. The molecule has 2 unspecified atom stereocenters. The van der Waals surface area contributed by atoms with Crippen LogP contribution in [0.4, 0.5) is 5.69 Å². The fourth-order valence-corrected chi connectivity index (χ4v) is 5.68. The van der Waals surface area contributed by atoms with Crippen LogP contribution in [0.2, 0.25) is 0 Å². The maximum Gasteiger partial charge on any atom is 0.192 e. The lowest BCUT2D eigenvalue weighted by Crippen LogP contribution is -2.42. The van der Waals surface area contributed by atoms with E-state index in [9.17, 15) is 15.0 Å². The lowest BCUT2D eigenvalue weighted by Gasteiger charge is -2.31. The summed E-state index contributed by atoms with van der Waals surface area (Å²) in [5.74, 6) is 1.40. The van der Waals surface area contributed by atoms with Crippen LogP contribution in [0.3, 0.4) is 0 Å². The molecule has 1 saturated carbocycles. The fourth-order valence-electron chi connectivity index (χ4n) is 5.68. The number of carbonyl (C=O) groups excluding carboxylic acids is 1. The molecule has 248 valence electrons. The molecule has 2 aromatic carbocycles. The number of phenols is 2. The average molecular weight is 627 g/mol. The molecule has 0 saturated heterocycles. The van der Waals surface area contributed by atoms with E-state index in [2.05, 4.69) is 15.6 Å². The molecular formula is C34H50N4O7. The average Bonchev–Trinajstić information content (AvgIpc) is 3.43. The SMILES string of the molecule is CN=C(N)Nc1cc(CCC=CC(=O)CCc2ccc(O)c(OC)c2)cc(OC2(CNC)CCC(CCOCCCO)C2)c1O. The van der Waals surface area contributed by atoms with Gasteiger partial charge in [0.2, 0.25) is 0 Å². The first-order valence-electron chi connectivity index (χ1n) is 15.6. The zero-order valence-electron chi connectivity index (χ0n) is 26.8. The summed E-state index contributed by atoms with van der Waals surface area (Å²) in [5.41, 5.74) is 7.67. The Bertz CT molecular complexity index is 1300. The van der Waals surface area contributed by atoms with Crippen LogP contribution in [0.1, 0.15) is 56.1 Å². The minimum atomic E-state index is -0.490. The molecule has 1 aliphatic rings. The number of hydrogen-bond donors (Lipinski definition) is 6. The molecular weight excluding hydrogens is 576 g/mol. The maximum absolute atomic E-state index is 12.5. The summed E-state index contributed by atoms with van der Waals surface area (Å²) >= 11 is 0. The van der Waals surface area contributed by atoms with Crippen molar-refractivity contribution in [2.24, 2.45) is 16.6 Å². The number of nitrogens with zero attached hydrogens (tertiary/aromatic N) is 1. The van der Waals surface area contributed by atoms with Crippen LogP contribution in [0, 0.1) is 5.92 Å². The van der Waals surface area contributed by atoms with Gasteiger partial charge in [-0.05, 0) is 106 Å². The van der Waals surface area contributed by atoms with Crippen LogP contribution in [-0.2, 0) is 22.4 Å². The molecule has 11 heteroatoms. The Morgan fingerprint density at radius 3 is 2.69 bits per heavy atom. The molecule has 0 radical (unpaired) electrons. The second-order valence-corrected chi connectivity index (χ2v) is 11.5. The number of anilines is 1. The van der Waals surface area contributed by atoms with Gasteiger partial charge in [-0.3, -0.25) is 9.79 Å². The van der Waals surface area contributed by atoms with E-state index in [1.807, 2.05) is 25.3 Å². The van der Waals surface area contributed by atoms with E-state index in [0.29, 0.717) is 75.0 Å². The number of carbonyl (C=O) groups is 1. The van der Waals surface area contributed by atoms with E-state index in [0.717, 1.165) is 36.8 Å². The van der Waals surface area contributed by atoms with Crippen LogP contribution in [0.15, 0.2) is 47.5 Å². The first-order chi connectivity index (χ1) is 21.7. The van der Waals surface area contributed by atoms with Crippen molar-refractivity contribution in [2.75, 3.05) is 52.9 Å². The van der Waals surface area contributed by atoms with Gasteiger partial charge in [0.15, 0.2) is 34.7 Å². The number of aryl methyl sites for hydroxylation is 2. The molecule has 0 spiro atoms. The van der Waals surface area contributed by atoms with E-state index >= 15 is 0 Å². The van der Waals surface area contributed by atoms with E-state index in [1.54, 1.807) is 31.3 Å². The van der Waals surface area contributed by atoms with Gasteiger partial charge < -0.3 is 45.9 Å². The highest BCUT2D eigenvalue weighted by atomic mass is 16.5. The van der Waals surface area contributed by atoms with Crippen molar-refractivity contribution in [1.82, 2.24) is 5.32 Å². The molecule has 0 heterocycles. The van der Waals surface area contributed by atoms with E-state index in [4.69, 9.17) is 25.1 Å². The number of ketones is 1. The highest BCUT2D eigenvalue weighted by Crippen LogP contribution is 2.44. The van der Waals surface area contributed by atoms with Crippen molar-refractivity contribution in [3.05, 3.63) is 53.6 Å². The smallest absolute Gasteiger partial charge is 0.192 e. The molecule has 2 aromatic rings. The molecule has 1 fully saturated rings. The Kier molecular flexibility index (Phi) is 14.5. The normalized spacial score (nSPS) is 18.4. The van der Waals surface area contributed by atoms with Gasteiger partial charge in [0, 0.05) is 39.8 Å². The predicted molar refractivity (Wildman–Crippen MR) is 176 cm³/mol. The number of aliphatic imine (C=N–C) groups is 1. The molecule has 0 aromatic heterocycles. The number of hydrogen-bond acceptors (Lipinski definition) is 9. The van der Waals surface area contributed by atoms with E-state index in [-0.39, 0.29) is 29.8 Å². The number of methoxy groups -OCH3 is 1. The van der Waals surface area contributed by atoms with Gasteiger partial charge in [0.1, 0.15) is 5.60 Å². The number of nitrogens with one attached hydrogen (secondary N) is 2. The third kappa shape index (κ3) is 11.3. The highest BCUT2D eigenvalue weighted by molar-refractivity contribution is 5.94. The fraction of sp³-hybridized carbons (Fsp3) is 0.529. The molecule has 3 rings (SSSR count). The minimum absolute atomic E-state index is 0.00893. The first-order valence-corrected chi connectivity index (χ1v) is 15.6. The third-order valence-corrected chi connectivity index (χ3v) is 8.06. The van der Waals surface area contributed by atoms with Gasteiger partial charge in [0.25, 0.3) is 0 Å². The van der Waals surface area contributed by atoms with Crippen molar-refractivity contribution >= 4 is 17.4 Å². The molecule has 7 N–H and O–H groups in total.